The summed E-state index contributed by atoms with van der Waals surface area (Å²) in [5.74, 6) is -1.99. The first-order chi connectivity index (χ1) is 5.07. The first-order valence-corrected chi connectivity index (χ1v) is 4.18. The zero-order chi connectivity index (χ0) is 8.48. The zero-order valence-corrected chi connectivity index (χ0v) is 7.17. The van der Waals surface area contributed by atoms with Gasteiger partial charge in [-0.2, -0.15) is 0 Å². The van der Waals surface area contributed by atoms with Crippen molar-refractivity contribution < 1.29 is 13.2 Å². The van der Waals surface area contributed by atoms with Crippen molar-refractivity contribution in [3.8, 4) is 0 Å². The average molecular weight is 227 g/mol. The van der Waals surface area contributed by atoms with Crippen LogP contribution in [0.15, 0.2) is 23.8 Å². The minimum absolute atomic E-state index is 0.0167. The first-order valence-electron chi connectivity index (χ1n) is 3.06. The van der Waals surface area contributed by atoms with E-state index in [1.54, 1.807) is 0 Å². The predicted molar refractivity (Wildman–Crippen MR) is 40.6 cm³/mol. The van der Waals surface area contributed by atoms with Gasteiger partial charge in [-0.05, 0) is 12.2 Å². The van der Waals surface area contributed by atoms with E-state index in [-0.39, 0.29) is 5.33 Å². The molecule has 0 bridgehead atoms. The van der Waals surface area contributed by atoms with Gasteiger partial charge in [-0.1, -0.05) is 15.9 Å². The second-order valence-corrected chi connectivity index (χ2v) is 2.99. The van der Waals surface area contributed by atoms with Crippen molar-refractivity contribution in [2.45, 2.75) is 12.1 Å². The third-order valence-corrected chi connectivity index (χ3v) is 2.39. The molecule has 0 aromatic heterocycles. The second-order valence-electron chi connectivity index (χ2n) is 2.43. The molecule has 0 fully saturated rings. The van der Waals surface area contributed by atoms with Gasteiger partial charge in [0.15, 0.2) is 5.83 Å². The average Bonchev–Trinajstić information content (AvgIpc) is 1.98. The molecule has 11 heavy (non-hydrogen) atoms. The molecule has 1 rings (SSSR count). The van der Waals surface area contributed by atoms with E-state index in [0.717, 1.165) is 12.2 Å². The minimum atomic E-state index is -1.76. The molecule has 0 saturated heterocycles. The van der Waals surface area contributed by atoms with Crippen molar-refractivity contribution in [2.75, 3.05) is 5.33 Å². The first kappa shape index (κ1) is 8.84. The van der Waals surface area contributed by atoms with Gasteiger partial charge in [-0.3, -0.25) is 0 Å². The van der Waals surface area contributed by atoms with Crippen molar-refractivity contribution in [3.63, 3.8) is 0 Å². The minimum Gasteiger partial charge on any atom is -0.238 e. The van der Waals surface area contributed by atoms with Crippen LogP contribution in [0, 0.1) is 0 Å². The summed E-state index contributed by atoms with van der Waals surface area (Å²) in [6.45, 7) is 0. The van der Waals surface area contributed by atoms with Gasteiger partial charge in [-0.15, -0.1) is 0 Å². The smallest absolute Gasteiger partial charge is 0.154 e. The van der Waals surface area contributed by atoms with Crippen molar-refractivity contribution in [1.29, 1.82) is 0 Å². The number of alkyl halides is 2. The number of allylic oxidation sites excluding steroid dienone is 4. The molecule has 0 aliphatic heterocycles. The fraction of sp³-hybridized carbons (Fsp3) is 0.429. The monoisotopic (exact) mass is 226 g/mol. The largest absolute Gasteiger partial charge is 0.238 e. The summed E-state index contributed by atoms with van der Waals surface area (Å²) in [4.78, 5) is 0. The van der Waals surface area contributed by atoms with Gasteiger partial charge >= 0.3 is 0 Å². The third kappa shape index (κ3) is 1.86. The molecule has 1 aliphatic carbocycles. The van der Waals surface area contributed by atoms with Crippen LogP contribution >= 0.6 is 15.9 Å². The van der Waals surface area contributed by atoms with Gasteiger partial charge in [-0.25, -0.2) is 13.2 Å². The molecule has 0 aromatic rings. The van der Waals surface area contributed by atoms with Gasteiger partial charge < -0.3 is 0 Å². The third-order valence-electron chi connectivity index (χ3n) is 1.46. The molecule has 0 heterocycles. The van der Waals surface area contributed by atoms with E-state index < -0.39 is 23.7 Å². The molecular formula is C7H6BrF3. The van der Waals surface area contributed by atoms with E-state index in [1.165, 1.54) is 0 Å². The molecule has 0 amide bonds. The van der Waals surface area contributed by atoms with Crippen LogP contribution < -0.4 is 0 Å². The molecule has 62 valence electrons. The summed E-state index contributed by atoms with van der Waals surface area (Å²) in [6, 6.07) is 0. The van der Waals surface area contributed by atoms with E-state index in [9.17, 15) is 13.2 Å². The van der Waals surface area contributed by atoms with E-state index in [1.807, 2.05) is 0 Å². The highest BCUT2D eigenvalue weighted by molar-refractivity contribution is 9.09. The summed E-state index contributed by atoms with van der Waals surface area (Å²) in [7, 11) is 0. The van der Waals surface area contributed by atoms with Crippen LogP contribution in [0.25, 0.3) is 0 Å². The van der Waals surface area contributed by atoms with Gasteiger partial charge in [0.25, 0.3) is 0 Å². The van der Waals surface area contributed by atoms with Gasteiger partial charge in [0.05, 0.1) is 0 Å². The summed E-state index contributed by atoms with van der Waals surface area (Å²) >= 11 is 2.88. The molecule has 0 spiro atoms. The SMILES string of the molecule is FC1=C(F)CC(F)(CBr)C=C1. The summed E-state index contributed by atoms with van der Waals surface area (Å²) in [5.41, 5.74) is -1.76. The lowest BCUT2D eigenvalue weighted by atomic mass is 9.98. The maximum atomic E-state index is 13.2. The van der Waals surface area contributed by atoms with E-state index in [4.69, 9.17) is 0 Å². The van der Waals surface area contributed by atoms with E-state index in [0.29, 0.717) is 0 Å². The summed E-state index contributed by atoms with van der Waals surface area (Å²) in [5, 5.41) is -0.0167. The Morgan fingerprint density at radius 2 is 2.18 bits per heavy atom. The van der Waals surface area contributed by atoms with Gasteiger partial charge in [0.2, 0.25) is 0 Å². The van der Waals surface area contributed by atoms with Crippen molar-refractivity contribution in [3.05, 3.63) is 23.8 Å². The maximum absolute atomic E-state index is 13.2. The second kappa shape index (κ2) is 3.01. The highest BCUT2D eigenvalue weighted by Gasteiger charge is 2.31. The van der Waals surface area contributed by atoms with Crippen molar-refractivity contribution in [1.82, 2.24) is 0 Å². The number of hydrogen-bond acceptors (Lipinski definition) is 0. The Morgan fingerprint density at radius 1 is 1.55 bits per heavy atom. The van der Waals surface area contributed by atoms with Crippen molar-refractivity contribution >= 4 is 15.9 Å². The Morgan fingerprint density at radius 3 is 2.64 bits per heavy atom. The lowest BCUT2D eigenvalue weighted by molar-refractivity contribution is 0.241. The predicted octanol–water partition coefficient (Wildman–Crippen LogP) is 3.20. The number of rotatable bonds is 1. The molecule has 1 atom stereocenters. The standard InChI is InChI=1S/C7H6BrF3/c8-4-7(11)2-1-5(9)6(10)3-7/h1-2H,3-4H2. The molecule has 0 saturated carbocycles. The molecule has 4 heteroatoms. The molecule has 0 aromatic carbocycles. The molecule has 1 unspecified atom stereocenters. The molecule has 1 aliphatic rings. The fourth-order valence-electron chi connectivity index (χ4n) is 0.806. The van der Waals surface area contributed by atoms with Crippen LogP contribution in [0.1, 0.15) is 6.42 Å². The summed E-state index contributed by atoms with van der Waals surface area (Å²) in [6.07, 6.45) is 1.33. The maximum Gasteiger partial charge on any atom is 0.154 e. The Kier molecular flexibility index (Phi) is 2.42. The Bertz CT molecular complexity index is 222. The molecular weight excluding hydrogens is 221 g/mol. The number of halogens is 4. The van der Waals surface area contributed by atoms with E-state index >= 15 is 0 Å². The molecule has 0 N–H and O–H groups in total. The highest BCUT2D eigenvalue weighted by atomic mass is 79.9. The lowest BCUT2D eigenvalue weighted by Gasteiger charge is -2.20. The van der Waals surface area contributed by atoms with Crippen LogP contribution in [0.5, 0.6) is 0 Å². The highest BCUT2D eigenvalue weighted by Crippen LogP contribution is 2.32. The van der Waals surface area contributed by atoms with Crippen LogP contribution in [0.3, 0.4) is 0 Å². The Balaban J connectivity index is 2.81. The molecule has 0 nitrogen and oxygen atoms in total. The molecule has 0 radical (unpaired) electrons. The number of hydrogen-bond donors (Lipinski definition) is 0. The van der Waals surface area contributed by atoms with Gasteiger partial charge in [0, 0.05) is 11.8 Å². The van der Waals surface area contributed by atoms with Crippen LogP contribution in [-0.4, -0.2) is 11.0 Å². The zero-order valence-electron chi connectivity index (χ0n) is 5.58. The summed E-state index contributed by atoms with van der Waals surface area (Å²) < 4.78 is 37.9. The Hall–Kier alpha value is -0.250. The fourth-order valence-corrected chi connectivity index (χ4v) is 1.19. The quantitative estimate of drug-likeness (QED) is 0.603. The Labute approximate surface area is 70.9 Å². The van der Waals surface area contributed by atoms with Crippen molar-refractivity contribution in [2.24, 2.45) is 0 Å². The normalized spacial score (nSPS) is 31.3. The lowest BCUT2D eigenvalue weighted by Crippen LogP contribution is -2.24. The topological polar surface area (TPSA) is 0 Å². The van der Waals surface area contributed by atoms with Crippen LogP contribution in [-0.2, 0) is 0 Å². The van der Waals surface area contributed by atoms with Crippen LogP contribution in [0.4, 0.5) is 13.2 Å². The van der Waals surface area contributed by atoms with Crippen LogP contribution in [0.2, 0.25) is 0 Å². The van der Waals surface area contributed by atoms with Gasteiger partial charge in [0.1, 0.15) is 11.5 Å². The van der Waals surface area contributed by atoms with E-state index in [2.05, 4.69) is 15.9 Å².